The predicted octanol–water partition coefficient (Wildman–Crippen LogP) is 0.0970. The van der Waals surface area contributed by atoms with Gasteiger partial charge in [0.25, 0.3) is 0 Å². The Morgan fingerprint density at radius 1 is 1.60 bits per heavy atom. The van der Waals surface area contributed by atoms with Gasteiger partial charge in [0.1, 0.15) is 11.9 Å². The summed E-state index contributed by atoms with van der Waals surface area (Å²) in [6, 6.07) is -0.304. The lowest BCUT2D eigenvalue weighted by Crippen LogP contribution is -2.55. The Morgan fingerprint density at radius 3 is 3.05 bits per heavy atom. The zero-order valence-electron chi connectivity index (χ0n) is 12.1. The molecular formula is C13H21N5O2. The summed E-state index contributed by atoms with van der Waals surface area (Å²) >= 11 is 0. The van der Waals surface area contributed by atoms with Gasteiger partial charge in [-0.25, -0.2) is 4.98 Å². The van der Waals surface area contributed by atoms with E-state index in [1.165, 1.54) is 0 Å². The molecule has 1 aromatic rings. The van der Waals surface area contributed by atoms with Crippen LogP contribution in [-0.2, 0) is 9.53 Å². The molecule has 0 aromatic carbocycles. The lowest BCUT2D eigenvalue weighted by atomic mass is 10.1. The number of carbonyl (C=O) groups excluding carboxylic acids is 1. The number of aromatic nitrogens is 2. The lowest BCUT2D eigenvalue weighted by Gasteiger charge is -2.36. The number of anilines is 2. The van der Waals surface area contributed by atoms with Gasteiger partial charge in [-0.15, -0.1) is 0 Å². The zero-order valence-corrected chi connectivity index (χ0v) is 12.1. The van der Waals surface area contributed by atoms with Crippen molar-refractivity contribution in [3.8, 4) is 0 Å². The van der Waals surface area contributed by atoms with Crippen LogP contribution in [0.3, 0.4) is 0 Å². The summed E-state index contributed by atoms with van der Waals surface area (Å²) < 4.78 is 5.43. The molecule has 0 aliphatic carbocycles. The molecule has 20 heavy (non-hydrogen) atoms. The van der Waals surface area contributed by atoms with Crippen LogP contribution in [0.5, 0.6) is 0 Å². The highest BCUT2D eigenvalue weighted by Gasteiger charge is 2.31. The minimum absolute atomic E-state index is 0.0590. The van der Waals surface area contributed by atoms with Gasteiger partial charge in [0.15, 0.2) is 0 Å². The van der Waals surface area contributed by atoms with Crippen LogP contribution in [-0.4, -0.2) is 47.7 Å². The van der Waals surface area contributed by atoms with E-state index in [1.807, 2.05) is 25.7 Å². The normalized spacial score (nSPS) is 19.2. The minimum Gasteiger partial charge on any atom is -0.377 e. The molecule has 3 N–H and O–H groups in total. The Bertz CT molecular complexity index is 492. The quantitative estimate of drug-likeness (QED) is 0.815. The molecule has 0 bridgehead atoms. The van der Waals surface area contributed by atoms with E-state index in [4.69, 9.17) is 10.5 Å². The molecule has 1 unspecified atom stereocenters. The molecule has 2 heterocycles. The van der Waals surface area contributed by atoms with Crippen molar-refractivity contribution in [3.05, 3.63) is 11.8 Å². The van der Waals surface area contributed by atoms with Crippen molar-refractivity contribution in [1.82, 2.24) is 15.3 Å². The number of nitrogens with one attached hydrogen (secondary N) is 1. The molecule has 1 saturated heterocycles. The third-order valence-electron chi connectivity index (χ3n) is 3.10. The average Bonchev–Trinajstić information content (AvgIpc) is 2.41. The maximum Gasteiger partial charge on any atom is 0.245 e. The maximum absolute atomic E-state index is 12.3. The second-order valence-electron chi connectivity index (χ2n) is 5.18. The van der Waals surface area contributed by atoms with E-state index in [2.05, 4.69) is 15.3 Å². The Balaban J connectivity index is 2.26. The van der Waals surface area contributed by atoms with Crippen LogP contribution in [0.1, 0.15) is 19.4 Å². The molecule has 7 nitrogen and oxygen atoms in total. The second kappa shape index (κ2) is 6.04. The number of rotatable bonds is 3. The van der Waals surface area contributed by atoms with E-state index >= 15 is 0 Å². The number of carbonyl (C=O) groups is 1. The average molecular weight is 279 g/mol. The van der Waals surface area contributed by atoms with E-state index in [1.54, 1.807) is 6.20 Å². The number of hydrogen-bond acceptors (Lipinski definition) is 6. The number of nitrogen functional groups attached to an aromatic ring is 1. The number of morpholine rings is 1. The van der Waals surface area contributed by atoms with Gasteiger partial charge in [0.2, 0.25) is 11.9 Å². The molecule has 0 saturated carbocycles. The van der Waals surface area contributed by atoms with Crippen LogP contribution in [0.4, 0.5) is 11.8 Å². The largest absolute Gasteiger partial charge is 0.377 e. The summed E-state index contributed by atoms with van der Waals surface area (Å²) in [6.07, 6.45) is 1.67. The van der Waals surface area contributed by atoms with Gasteiger partial charge in [-0.1, -0.05) is 0 Å². The van der Waals surface area contributed by atoms with Crippen molar-refractivity contribution in [2.24, 2.45) is 0 Å². The van der Waals surface area contributed by atoms with Crippen LogP contribution < -0.4 is 16.0 Å². The Hall–Kier alpha value is -1.89. The summed E-state index contributed by atoms with van der Waals surface area (Å²) in [5.41, 5.74) is 6.55. The minimum atomic E-state index is -0.390. The van der Waals surface area contributed by atoms with Crippen LogP contribution in [0.15, 0.2) is 6.20 Å². The van der Waals surface area contributed by atoms with E-state index < -0.39 is 0 Å². The van der Waals surface area contributed by atoms with Gasteiger partial charge in [0.05, 0.1) is 13.2 Å². The fraction of sp³-hybridized carbons (Fsp3) is 0.615. The zero-order chi connectivity index (χ0) is 14.7. The number of nitrogens with two attached hydrogens (primary N) is 1. The van der Waals surface area contributed by atoms with Crippen LogP contribution in [0.25, 0.3) is 0 Å². The smallest absolute Gasteiger partial charge is 0.245 e. The van der Waals surface area contributed by atoms with Crippen LogP contribution in [0, 0.1) is 6.92 Å². The molecule has 1 atom stereocenters. The highest BCUT2D eigenvalue weighted by molar-refractivity contribution is 5.85. The number of amides is 1. The van der Waals surface area contributed by atoms with E-state index in [0.717, 1.165) is 5.56 Å². The third kappa shape index (κ3) is 3.16. The van der Waals surface area contributed by atoms with E-state index in [9.17, 15) is 4.79 Å². The fourth-order valence-electron chi connectivity index (χ4n) is 2.19. The van der Waals surface area contributed by atoms with Crippen molar-refractivity contribution < 1.29 is 9.53 Å². The van der Waals surface area contributed by atoms with Crippen molar-refractivity contribution in [3.63, 3.8) is 0 Å². The lowest BCUT2D eigenvalue weighted by molar-refractivity contribution is -0.125. The first kappa shape index (κ1) is 14.5. The Morgan fingerprint density at radius 2 is 2.35 bits per heavy atom. The van der Waals surface area contributed by atoms with Gasteiger partial charge in [-0.05, 0) is 20.8 Å². The monoisotopic (exact) mass is 279 g/mol. The highest BCUT2D eigenvalue weighted by Crippen LogP contribution is 2.22. The number of ether oxygens (including phenoxy) is 1. The van der Waals surface area contributed by atoms with Crippen LogP contribution >= 0.6 is 0 Å². The van der Waals surface area contributed by atoms with Crippen LogP contribution in [0.2, 0.25) is 0 Å². The maximum atomic E-state index is 12.3. The standard InChI is InChI=1S/C13H21N5O2/c1-8(2)16-12(19)10-7-20-5-4-18(10)11-9(3)6-15-13(14)17-11/h6,8,10H,4-5,7H2,1-3H3,(H,16,19)(H2,14,15,17). The highest BCUT2D eigenvalue weighted by atomic mass is 16.5. The molecule has 1 aromatic heterocycles. The Labute approximate surface area is 118 Å². The van der Waals surface area contributed by atoms with Gasteiger partial charge in [0, 0.05) is 24.3 Å². The summed E-state index contributed by atoms with van der Waals surface area (Å²) in [5, 5.41) is 2.91. The first-order chi connectivity index (χ1) is 9.49. The molecule has 2 rings (SSSR count). The molecular weight excluding hydrogens is 258 g/mol. The van der Waals surface area contributed by atoms with Gasteiger partial charge >= 0.3 is 0 Å². The molecule has 1 aliphatic rings. The van der Waals surface area contributed by atoms with Crippen molar-refractivity contribution in [1.29, 1.82) is 0 Å². The van der Waals surface area contributed by atoms with Crippen molar-refractivity contribution in [2.75, 3.05) is 30.4 Å². The molecule has 1 fully saturated rings. The summed E-state index contributed by atoms with van der Waals surface area (Å²) in [4.78, 5) is 22.4. The van der Waals surface area contributed by atoms with Crippen molar-refractivity contribution in [2.45, 2.75) is 32.9 Å². The molecule has 7 heteroatoms. The van der Waals surface area contributed by atoms with E-state index in [-0.39, 0.29) is 23.9 Å². The number of aryl methyl sites for hydroxylation is 1. The molecule has 0 radical (unpaired) electrons. The summed E-state index contributed by atoms with van der Waals surface area (Å²) in [6.45, 7) is 7.28. The topological polar surface area (TPSA) is 93.4 Å². The van der Waals surface area contributed by atoms with Gasteiger partial charge in [-0.2, -0.15) is 4.98 Å². The first-order valence-corrected chi connectivity index (χ1v) is 6.73. The van der Waals surface area contributed by atoms with Crippen molar-refractivity contribution >= 4 is 17.7 Å². The van der Waals surface area contributed by atoms with E-state index in [0.29, 0.717) is 25.6 Å². The summed E-state index contributed by atoms with van der Waals surface area (Å²) in [7, 11) is 0. The predicted molar refractivity (Wildman–Crippen MR) is 76.4 cm³/mol. The number of hydrogen-bond donors (Lipinski definition) is 2. The molecule has 110 valence electrons. The fourth-order valence-corrected chi connectivity index (χ4v) is 2.19. The summed E-state index contributed by atoms with van der Waals surface area (Å²) in [5.74, 6) is 0.848. The van der Waals surface area contributed by atoms with Gasteiger partial charge < -0.3 is 20.7 Å². The van der Waals surface area contributed by atoms with Gasteiger partial charge in [-0.3, -0.25) is 4.79 Å². The molecule has 1 amide bonds. The molecule has 0 spiro atoms. The SMILES string of the molecule is Cc1cnc(N)nc1N1CCOCC1C(=O)NC(C)C. The Kier molecular flexibility index (Phi) is 4.39. The number of nitrogens with zero attached hydrogens (tertiary/aromatic N) is 3. The molecule has 1 aliphatic heterocycles. The third-order valence-corrected chi connectivity index (χ3v) is 3.10. The first-order valence-electron chi connectivity index (χ1n) is 6.73. The second-order valence-corrected chi connectivity index (χ2v) is 5.18.